The Morgan fingerprint density at radius 3 is 1.97 bits per heavy atom. The maximum atomic E-state index is 5.05. The lowest BCUT2D eigenvalue weighted by Gasteiger charge is -2.26. The number of rotatable bonds is 4. The zero-order chi connectivity index (χ0) is 25.8. The molecule has 0 aliphatic rings. The molecule has 0 aliphatic heterocycles. The smallest absolute Gasteiger partial charge is 0.155 e. The highest BCUT2D eigenvalue weighted by molar-refractivity contribution is 7.26. The van der Waals surface area contributed by atoms with Gasteiger partial charge in [-0.15, -0.1) is 22.7 Å². The Labute approximate surface area is 234 Å². The number of pyridine rings is 1. The van der Waals surface area contributed by atoms with Crippen molar-refractivity contribution in [1.82, 2.24) is 4.98 Å². The Balaban J connectivity index is 1.42. The molecule has 0 N–H and O–H groups in total. The van der Waals surface area contributed by atoms with Gasteiger partial charge < -0.3 is 0 Å². The molecule has 0 radical (unpaired) electrons. The summed E-state index contributed by atoms with van der Waals surface area (Å²) < 4.78 is 5.05. The molecule has 0 fully saturated rings. The van der Waals surface area contributed by atoms with E-state index >= 15 is 0 Å². The van der Waals surface area contributed by atoms with Crippen LogP contribution in [0.25, 0.3) is 51.5 Å². The Kier molecular flexibility index (Phi) is 5.22. The predicted octanol–water partition coefficient (Wildman–Crippen LogP) is 11.0. The monoisotopic (exact) mass is 534 g/mol. The molecule has 39 heavy (non-hydrogen) atoms. The second kappa shape index (κ2) is 9.05. The predicted molar refractivity (Wildman–Crippen MR) is 170 cm³/mol. The van der Waals surface area contributed by atoms with Crippen molar-refractivity contribution in [3.05, 3.63) is 134 Å². The lowest BCUT2D eigenvalue weighted by molar-refractivity contribution is 1.21. The molecule has 0 spiro atoms. The van der Waals surface area contributed by atoms with Gasteiger partial charge in [0.25, 0.3) is 0 Å². The Morgan fingerprint density at radius 2 is 1.15 bits per heavy atom. The number of hydrogen-bond acceptors (Lipinski definition) is 4. The first-order chi connectivity index (χ1) is 19.3. The summed E-state index contributed by atoms with van der Waals surface area (Å²) in [5.74, 6) is 0.962. The Hall–Kier alpha value is -4.51. The van der Waals surface area contributed by atoms with E-state index in [2.05, 4.69) is 132 Å². The van der Waals surface area contributed by atoms with Crippen molar-refractivity contribution in [2.75, 3.05) is 4.90 Å². The zero-order valence-electron chi connectivity index (χ0n) is 20.9. The fourth-order valence-corrected chi connectivity index (χ4v) is 7.85. The molecule has 0 bridgehead atoms. The molecule has 0 saturated heterocycles. The Bertz CT molecular complexity index is 2120. The van der Waals surface area contributed by atoms with Crippen molar-refractivity contribution >= 4 is 80.2 Å². The Morgan fingerprint density at radius 1 is 0.487 bits per heavy atom. The molecular weight excluding hydrogens is 513 g/mol. The van der Waals surface area contributed by atoms with E-state index in [1.165, 1.54) is 51.5 Å². The number of anilines is 3. The summed E-state index contributed by atoms with van der Waals surface area (Å²) in [5.41, 5.74) is 4.66. The molecular formula is C35H22N2S2. The molecule has 5 aromatic carbocycles. The van der Waals surface area contributed by atoms with Crippen LogP contribution in [0.3, 0.4) is 0 Å². The van der Waals surface area contributed by atoms with E-state index in [1.54, 1.807) is 0 Å². The van der Waals surface area contributed by atoms with Crippen molar-refractivity contribution in [1.29, 1.82) is 0 Å². The third kappa shape index (κ3) is 3.64. The van der Waals surface area contributed by atoms with Gasteiger partial charge in [0, 0.05) is 47.5 Å². The van der Waals surface area contributed by atoms with Crippen molar-refractivity contribution in [3.63, 3.8) is 0 Å². The zero-order valence-corrected chi connectivity index (χ0v) is 22.5. The number of aromatic nitrogens is 1. The molecule has 184 valence electrons. The number of fused-ring (bicyclic) bond motifs is 6. The second-order valence-electron chi connectivity index (χ2n) is 9.61. The van der Waals surface area contributed by atoms with E-state index in [-0.39, 0.29) is 0 Å². The van der Waals surface area contributed by atoms with Crippen LogP contribution in [-0.2, 0) is 0 Å². The minimum Gasteiger partial charge on any atom is -0.293 e. The van der Waals surface area contributed by atoms with Gasteiger partial charge >= 0.3 is 0 Å². The molecule has 0 aliphatic carbocycles. The summed E-state index contributed by atoms with van der Waals surface area (Å²) in [4.78, 5) is 7.40. The van der Waals surface area contributed by atoms with E-state index in [9.17, 15) is 0 Å². The van der Waals surface area contributed by atoms with Crippen LogP contribution in [0.2, 0.25) is 0 Å². The van der Waals surface area contributed by atoms with E-state index in [0.29, 0.717) is 0 Å². The molecule has 8 rings (SSSR count). The van der Waals surface area contributed by atoms with E-state index in [0.717, 1.165) is 17.2 Å². The average Bonchev–Trinajstić information content (AvgIpc) is 3.58. The van der Waals surface area contributed by atoms with Crippen molar-refractivity contribution in [2.24, 2.45) is 0 Å². The van der Waals surface area contributed by atoms with Crippen LogP contribution in [0.4, 0.5) is 17.2 Å². The number of nitrogens with zero attached hydrogens (tertiary/aromatic N) is 2. The molecule has 3 aromatic heterocycles. The number of benzene rings is 5. The molecule has 4 heteroatoms. The average molecular weight is 535 g/mol. The molecule has 0 amide bonds. The van der Waals surface area contributed by atoms with Crippen LogP contribution in [0.5, 0.6) is 0 Å². The van der Waals surface area contributed by atoms with Gasteiger partial charge in [0.15, 0.2) is 5.82 Å². The first kappa shape index (κ1) is 22.5. The summed E-state index contributed by atoms with van der Waals surface area (Å²) in [6.07, 6.45) is 1.95. The summed E-state index contributed by atoms with van der Waals surface area (Å²) in [6, 6.07) is 45.6. The lowest BCUT2D eigenvalue weighted by atomic mass is 10.0. The topological polar surface area (TPSA) is 16.1 Å². The maximum Gasteiger partial charge on any atom is 0.155 e. The molecule has 0 atom stereocenters. The van der Waals surface area contributed by atoms with Gasteiger partial charge in [0.05, 0.1) is 10.4 Å². The first-order valence-electron chi connectivity index (χ1n) is 13.0. The fourth-order valence-electron chi connectivity index (χ4n) is 5.55. The third-order valence-electron chi connectivity index (χ3n) is 7.34. The van der Waals surface area contributed by atoms with Gasteiger partial charge in [-0.2, -0.15) is 0 Å². The van der Waals surface area contributed by atoms with E-state index in [4.69, 9.17) is 4.98 Å². The van der Waals surface area contributed by atoms with Crippen LogP contribution in [0.15, 0.2) is 134 Å². The summed E-state index contributed by atoms with van der Waals surface area (Å²) in [7, 11) is 0. The molecule has 8 aromatic rings. The van der Waals surface area contributed by atoms with Gasteiger partial charge in [-0.05, 0) is 53.6 Å². The fraction of sp³-hybridized carbons (Fsp3) is 0. The number of thiophene rings is 2. The van der Waals surface area contributed by atoms with Crippen molar-refractivity contribution < 1.29 is 0 Å². The van der Waals surface area contributed by atoms with Crippen LogP contribution in [0, 0.1) is 0 Å². The van der Waals surface area contributed by atoms with Crippen molar-refractivity contribution in [2.45, 2.75) is 0 Å². The van der Waals surface area contributed by atoms with Gasteiger partial charge in [0.1, 0.15) is 0 Å². The largest absolute Gasteiger partial charge is 0.293 e. The summed E-state index contributed by atoms with van der Waals surface area (Å²) >= 11 is 3.66. The maximum absolute atomic E-state index is 5.05. The highest BCUT2D eigenvalue weighted by Gasteiger charge is 2.22. The van der Waals surface area contributed by atoms with Crippen LogP contribution in [0.1, 0.15) is 0 Å². The molecule has 3 heterocycles. The summed E-state index contributed by atoms with van der Waals surface area (Å²) in [6.45, 7) is 0. The minimum absolute atomic E-state index is 0.962. The summed E-state index contributed by atoms with van der Waals surface area (Å²) in [5, 5.41) is 5.07. The molecule has 0 saturated carbocycles. The lowest BCUT2D eigenvalue weighted by Crippen LogP contribution is -2.12. The van der Waals surface area contributed by atoms with Crippen molar-refractivity contribution in [3.8, 4) is 11.1 Å². The van der Waals surface area contributed by atoms with Crippen LogP contribution >= 0.6 is 22.7 Å². The van der Waals surface area contributed by atoms with E-state index in [1.807, 2.05) is 28.9 Å². The quantitative estimate of drug-likeness (QED) is 0.223. The SMILES string of the molecule is c1ccc(-c2ccc(N(c3nccc4c3sc3ccccc34)c3cccc4sc5ccccc5c34)cc2)cc1. The standard InChI is InChI=1S/C35H22N2S2/c1-2-9-23(10-3-1)24-17-19-25(20-18-24)37(29-13-8-16-32-33(29)28-12-5-7-15-31(28)38-32)35-34-27(21-22-36-35)26-11-4-6-14-30(26)39-34/h1-22H. The molecule has 2 nitrogen and oxygen atoms in total. The normalized spacial score (nSPS) is 11.6. The minimum atomic E-state index is 0.962. The molecule has 0 unspecified atom stereocenters. The third-order valence-corrected chi connectivity index (χ3v) is 9.66. The number of hydrogen-bond donors (Lipinski definition) is 0. The van der Waals surface area contributed by atoms with Crippen LogP contribution in [-0.4, -0.2) is 4.98 Å². The highest BCUT2D eigenvalue weighted by atomic mass is 32.1. The highest BCUT2D eigenvalue weighted by Crippen LogP contribution is 2.47. The van der Waals surface area contributed by atoms with Gasteiger partial charge in [-0.3, -0.25) is 4.90 Å². The van der Waals surface area contributed by atoms with Gasteiger partial charge in [0.2, 0.25) is 0 Å². The first-order valence-corrected chi connectivity index (χ1v) is 14.6. The van der Waals surface area contributed by atoms with E-state index < -0.39 is 0 Å². The van der Waals surface area contributed by atoms with Gasteiger partial charge in [-0.25, -0.2) is 4.98 Å². The van der Waals surface area contributed by atoms with Gasteiger partial charge in [-0.1, -0.05) is 84.9 Å². The van der Waals surface area contributed by atoms with Crippen LogP contribution < -0.4 is 4.90 Å². The second-order valence-corrected chi connectivity index (χ2v) is 11.7.